The van der Waals surface area contributed by atoms with Gasteiger partial charge >= 0.3 is 0 Å². The van der Waals surface area contributed by atoms with E-state index in [-0.39, 0.29) is 5.54 Å². The van der Waals surface area contributed by atoms with Gasteiger partial charge in [0.25, 0.3) is 0 Å². The fourth-order valence-electron chi connectivity index (χ4n) is 2.04. The smallest absolute Gasteiger partial charge is 0.0800 e. The van der Waals surface area contributed by atoms with Crippen LogP contribution in [-0.4, -0.2) is 11.6 Å². The predicted molar refractivity (Wildman–Crippen MR) is 52.9 cm³/mol. The van der Waals surface area contributed by atoms with Crippen LogP contribution >= 0.6 is 0 Å². The number of hydrogen-bond donors (Lipinski definition) is 1. The Balaban J connectivity index is 2.55. The molecule has 0 aromatic rings. The van der Waals surface area contributed by atoms with Gasteiger partial charge in [-0.3, -0.25) is 5.32 Å². The number of nitrogens with one attached hydrogen (secondary N) is 1. The number of hydrogen-bond acceptors (Lipinski definition) is 1. The van der Waals surface area contributed by atoms with Crippen LogP contribution in [0.5, 0.6) is 0 Å². The highest BCUT2D eigenvalue weighted by molar-refractivity contribution is 5.14. The Morgan fingerprint density at radius 1 is 1.25 bits per heavy atom. The molecule has 1 heteroatoms. The van der Waals surface area contributed by atoms with Crippen LogP contribution in [0.1, 0.15) is 46.0 Å². The van der Waals surface area contributed by atoms with Gasteiger partial charge in [-0.25, -0.2) is 0 Å². The molecule has 1 saturated carbocycles. The lowest BCUT2D eigenvalue weighted by atomic mass is 9.82. The highest BCUT2D eigenvalue weighted by Crippen LogP contribution is 2.27. The molecule has 0 spiro atoms. The lowest BCUT2D eigenvalue weighted by Crippen LogP contribution is -2.48. The van der Waals surface area contributed by atoms with Crippen molar-refractivity contribution >= 4 is 0 Å². The molecular weight excluding hydrogens is 146 g/mol. The standard InChI is InChI=1S/C11H19N/c1-4-11(12-10(2)3)8-6-5-7-9-11/h1,10,12H,5-9H2,2-3H3. The SMILES string of the molecule is C#CC1(NC(C)C)CCCCC1. The van der Waals surface area contributed by atoms with Crippen LogP contribution in [0.25, 0.3) is 0 Å². The molecule has 0 aliphatic heterocycles. The molecule has 0 unspecified atom stereocenters. The fourth-order valence-corrected chi connectivity index (χ4v) is 2.04. The summed E-state index contributed by atoms with van der Waals surface area (Å²) in [6.45, 7) is 4.32. The fraction of sp³-hybridized carbons (Fsp3) is 0.818. The molecule has 0 radical (unpaired) electrons. The van der Waals surface area contributed by atoms with Gasteiger partial charge in [-0.2, -0.15) is 0 Å². The third-order valence-corrected chi connectivity index (χ3v) is 2.55. The van der Waals surface area contributed by atoms with E-state index in [0.29, 0.717) is 6.04 Å². The van der Waals surface area contributed by atoms with Crippen molar-refractivity contribution in [1.29, 1.82) is 0 Å². The minimum atomic E-state index is 0.0203. The maximum atomic E-state index is 5.57. The van der Waals surface area contributed by atoms with Crippen molar-refractivity contribution in [3.8, 4) is 12.3 Å². The summed E-state index contributed by atoms with van der Waals surface area (Å²) in [4.78, 5) is 0. The maximum Gasteiger partial charge on any atom is 0.0800 e. The van der Waals surface area contributed by atoms with E-state index in [0.717, 1.165) is 12.8 Å². The Morgan fingerprint density at radius 2 is 1.83 bits per heavy atom. The van der Waals surface area contributed by atoms with Crippen LogP contribution in [0.2, 0.25) is 0 Å². The Bertz CT molecular complexity index is 170. The first-order chi connectivity index (χ1) is 5.68. The molecule has 0 heterocycles. The first kappa shape index (κ1) is 9.61. The Kier molecular flexibility index (Phi) is 3.17. The van der Waals surface area contributed by atoms with Gasteiger partial charge in [0.05, 0.1) is 5.54 Å². The van der Waals surface area contributed by atoms with Crippen molar-refractivity contribution in [2.45, 2.75) is 57.5 Å². The van der Waals surface area contributed by atoms with Crippen LogP contribution in [-0.2, 0) is 0 Å². The highest BCUT2D eigenvalue weighted by Gasteiger charge is 2.29. The number of rotatable bonds is 2. The predicted octanol–water partition coefficient (Wildman–Crippen LogP) is 2.32. The molecule has 1 aliphatic carbocycles. The van der Waals surface area contributed by atoms with Crippen molar-refractivity contribution in [1.82, 2.24) is 5.32 Å². The second kappa shape index (κ2) is 3.96. The Labute approximate surface area is 75.9 Å². The van der Waals surface area contributed by atoms with E-state index in [1.165, 1.54) is 19.3 Å². The average molecular weight is 165 g/mol. The maximum absolute atomic E-state index is 5.57. The lowest BCUT2D eigenvalue weighted by molar-refractivity contribution is 0.282. The lowest BCUT2D eigenvalue weighted by Gasteiger charge is -2.35. The quantitative estimate of drug-likeness (QED) is 0.619. The number of terminal acetylenes is 1. The normalized spacial score (nSPS) is 22.2. The van der Waals surface area contributed by atoms with E-state index in [1.54, 1.807) is 0 Å². The summed E-state index contributed by atoms with van der Waals surface area (Å²) in [5, 5.41) is 3.51. The molecule has 0 bridgehead atoms. The Hall–Kier alpha value is -0.480. The Morgan fingerprint density at radius 3 is 2.25 bits per heavy atom. The molecule has 1 aliphatic rings. The van der Waals surface area contributed by atoms with Crippen LogP contribution in [0.3, 0.4) is 0 Å². The summed E-state index contributed by atoms with van der Waals surface area (Å²) < 4.78 is 0. The molecular formula is C11H19N. The summed E-state index contributed by atoms with van der Waals surface area (Å²) in [5.74, 6) is 2.94. The minimum Gasteiger partial charge on any atom is -0.299 e. The van der Waals surface area contributed by atoms with Gasteiger partial charge in [-0.1, -0.05) is 25.2 Å². The molecule has 1 rings (SSSR count). The van der Waals surface area contributed by atoms with Gasteiger partial charge in [0.15, 0.2) is 0 Å². The van der Waals surface area contributed by atoms with Gasteiger partial charge in [-0.05, 0) is 26.7 Å². The van der Waals surface area contributed by atoms with Gasteiger partial charge in [0.1, 0.15) is 0 Å². The molecule has 12 heavy (non-hydrogen) atoms. The summed E-state index contributed by atoms with van der Waals surface area (Å²) in [7, 11) is 0. The van der Waals surface area contributed by atoms with Gasteiger partial charge in [-0.15, -0.1) is 6.42 Å². The van der Waals surface area contributed by atoms with Gasteiger partial charge in [0.2, 0.25) is 0 Å². The third kappa shape index (κ3) is 2.25. The van der Waals surface area contributed by atoms with E-state index in [9.17, 15) is 0 Å². The summed E-state index contributed by atoms with van der Waals surface area (Å²) >= 11 is 0. The second-order valence-electron chi connectivity index (χ2n) is 4.09. The molecule has 0 amide bonds. The summed E-state index contributed by atoms with van der Waals surface area (Å²) in [6.07, 6.45) is 11.8. The van der Waals surface area contributed by atoms with Crippen LogP contribution in [0.15, 0.2) is 0 Å². The molecule has 0 aromatic carbocycles. The largest absolute Gasteiger partial charge is 0.299 e. The molecule has 68 valence electrons. The van der Waals surface area contributed by atoms with E-state index >= 15 is 0 Å². The van der Waals surface area contributed by atoms with E-state index in [4.69, 9.17) is 6.42 Å². The molecule has 0 atom stereocenters. The van der Waals surface area contributed by atoms with Crippen molar-refractivity contribution in [3.05, 3.63) is 0 Å². The van der Waals surface area contributed by atoms with Crippen molar-refractivity contribution < 1.29 is 0 Å². The van der Waals surface area contributed by atoms with E-state index < -0.39 is 0 Å². The highest BCUT2D eigenvalue weighted by atomic mass is 15.0. The molecule has 0 aromatic heterocycles. The van der Waals surface area contributed by atoms with E-state index in [2.05, 4.69) is 25.1 Å². The van der Waals surface area contributed by atoms with E-state index in [1.807, 2.05) is 0 Å². The molecule has 0 saturated heterocycles. The minimum absolute atomic E-state index is 0.0203. The van der Waals surface area contributed by atoms with Crippen molar-refractivity contribution in [2.24, 2.45) is 0 Å². The van der Waals surface area contributed by atoms with Crippen molar-refractivity contribution in [3.63, 3.8) is 0 Å². The average Bonchev–Trinajstić information content (AvgIpc) is 2.05. The second-order valence-corrected chi connectivity index (χ2v) is 4.09. The summed E-state index contributed by atoms with van der Waals surface area (Å²) in [5.41, 5.74) is 0.0203. The van der Waals surface area contributed by atoms with Gasteiger partial charge < -0.3 is 0 Å². The van der Waals surface area contributed by atoms with Crippen LogP contribution < -0.4 is 5.32 Å². The van der Waals surface area contributed by atoms with Gasteiger partial charge in [0, 0.05) is 6.04 Å². The third-order valence-electron chi connectivity index (χ3n) is 2.55. The van der Waals surface area contributed by atoms with Crippen LogP contribution in [0.4, 0.5) is 0 Å². The van der Waals surface area contributed by atoms with Crippen LogP contribution in [0, 0.1) is 12.3 Å². The monoisotopic (exact) mass is 165 g/mol. The first-order valence-electron chi connectivity index (χ1n) is 4.94. The van der Waals surface area contributed by atoms with Crippen molar-refractivity contribution in [2.75, 3.05) is 0 Å². The molecule has 1 fully saturated rings. The topological polar surface area (TPSA) is 12.0 Å². The molecule has 1 nitrogen and oxygen atoms in total. The zero-order valence-electron chi connectivity index (χ0n) is 8.19. The summed E-state index contributed by atoms with van der Waals surface area (Å²) in [6, 6.07) is 0.499. The molecule has 1 N–H and O–H groups in total. The zero-order valence-corrected chi connectivity index (χ0v) is 8.19. The first-order valence-corrected chi connectivity index (χ1v) is 4.94. The zero-order chi connectivity index (χ0) is 9.03.